The third kappa shape index (κ3) is 4.59. The number of sulfonamides is 1. The SMILES string of the molecule is O=c1cnn(-c2cc(Cl)c(Oc3ccc(O)c(S(=O)(=O)NC4CC4)c3)c(Cl)c2)c(=O)[nH]1. The molecular weight excluding hydrogens is 471 g/mol. The number of aromatic amines is 1. The number of aromatic nitrogens is 3. The number of phenolic OH excluding ortho intramolecular Hbond substituents is 1. The van der Waals surface area contributed by atoms with Crippen LogP contribution in [0.5, 0.6) is 17.2 Å². The third-order valence-corrected chi connectivity index (χ3v) is 6.39. The van der Waals surface area contributed by atoms with Crippen molar-refractivity contribution in [3.05, 3.63) is 67.4 Å². The van der Waals surface area contributed by atoms with Gasteiger partial charge in [-0.1, -0.05) is 23.2 Å². The number of nitrogens with one attached hydrogen (secondary N) is 2. The zero-order chi connectivity index (χ0) is 22.3. The van der Waals surface area contributed by atoms with Crippen LogP contribution in [0.2, 0.25) is 10.0 Å². The van der Waals surface area contributed by atoms with Crippen molar-refractivity contribution in [2.24, 2.45) is 0 Å². The minimum atomic E-state index is -3.94. The lowest BCUT2D eigenvalue weighted by Gasteiger charge is -2.14. The Hall–Kier alpha value is -2.86. The third-order valence-electron chi connectivity index (χ3n) is 4.28. The van der Waals surface area contributed by atoms with E-state index in [1.165, 1.54) is 24.3 Å². The van der Waals surface area contributed by atoms with Gasteiger partial charge in [-0.2, -0.15) is 9.78 Å². The zero-order valence-corrected chi connectivity index (χ0v) is 17.8. The highest BCUT2D eigenvalue weighted by Crippen LogP contribution is 2.39. The van der Waals surface area contributed by atoms with Crippen LogP contribution in [0.1, 0.15) is 12.8 Å². The predicted octanol–water partition coefficient (Wildman–Crippen LogP) is 2.17. The molecule has 3 aromatic rings. The molecular formula is C18H14Cl2N4O6S. The summed E-state index contributed by atoms with van der Waals surface area (Å²) in [6, 6.07) is 6.20. The average Bonchev–Trinajstić information content (AvgIpc) is 3.49. The van der Waals surface area contributed by atoms with E-state index < -0.39 is 27.0 Å². The molecule has 1 aliphatic rings. The predicted molar refractivity (Wildman–Crippen MR) is 112 cm³/mol. The Labute approximate surface area is 185 Å². The highest BCUT2D eigenvalue weighted by molar-refractivity contribution is 7.89. The second kappa shape index (κ2) is 8.00. The number of benzene rings is 2. The molecule has 31 heavy (non-hydrogen) atoms. The Morgan fingerprint density at radius 3 is 2.45 bits per heavy atom. The maximum atomic E-state index is 12.5. The van der Waals surface area contributed by atoms with Crippen molar-refractivity contribution in [1.82, 2.24) is 19.5 Å². The van der Waals surface area contributed by atoms with Crippen molar-refractivity contribution in [2.45, 2.75) is 23.8 Å². The van der Waals surface area contributed by atoms with Crippen LogP contribution in [0, 0.1) is 0 Å². The molecule has 0 atom stereocenters. The number of H-pyrrole nitrogens is 1. The molecule has 2 aromatic carbocycles. The van der Waals surface area contributed by atoms with E-state index in [2.05, 4.69) is 14.8 Å². The molecule has 0 bridgehead atoms. The Morgan fingerprint density at radius 1 is 1.16 bits per heavy atom. The molecule has 3 N–H and O–H groups in total. The normalized spacial score (nSPS) is 13.9. The summed E-state index contributed by atoms with van der Waals surface area (Å²) >= 11 is 12.5. The van der Waals surface area contributed by atoms with Crippen LogP contribution >= 0.6 is 23.2 Å². The molecule has 162 valence electrons. The Bertz CT molecular complexity index is 1380. The fourth-order valence-electron chi connectivity index (χ4n) is 2.68. The van der Waals surface area contributed by atoms with E-state index in [9.17, 15) is 23.1 Å². The second-order valence-corrected chi connectivity index (χ2v) is 9.21. The smallest absolute Gasteiger partial charge is 0.349 e. The molecule has 1 aliphatic carbocycles. The molecule has 0 aliphatic heterocycles. The number of nitrogens with zero attached hydrogens (tertiary/aromatic N) is 2. The van der Waals surface area contributed by atoms with E-state index in [0.29, 0.717) is 0 Å². The number of hydrogen-bond acceptors (Lipinski definition) is 7. The second-order valence-electron chi connectivity index (χ2n) is 6.72. The molecule has 10 nitrogen and oxygen atoms in total. The number of rotatable bonds is 6. The number of aromatic hydroxyl groups is 1. The number of hydrogen-bond donors (Lipinski definition) is 3. The van der Waals surface area contributed by atoms with Crippen LogP contribution < -0.4 is 20.7 Å². The Morgan fingerprint density at radius 2 is 1.84 bits per heavy atom. The Kier molecular flexibility index (Phi) is 5.52. The van der Waals surface area contributed by atoms with Gasteiger partial charge < -0.3 is 9.84 Å². The molecule has 0 amide bonds. The maximum absolute atomic E-state index is 12.5. The van der Waals surface area contributed by atoms with Gasteiger partial charge in [0.2, 0.25) is 10.0 Å². The summed E-state index contributed by atoms with van der Waals surface area (Å²) < 4.78 is 33.9. The van der Waals surface area contributed by atoms with E-state index >= 15 is 0 Å². The lowest BCUT2D eigenvalue weighted by Crippen LogP contribution is -2.30. The topological polar surface area (TPSA) is 143 Å². The van der Waals surface area contributed by atoms with E-state index in [4.69, 9.17) is 27.9 Å². The molecule has 1 aromatic heterocycles. The highest BCUT2D eigenvalue weighted by atomic mass is 35.5. The quantitative estimate of drug-likeness (QED) is 0.486. The van der Waals surface area contributed by atoms with Gasteiger partial charge in [-0.05, 0) is 37.1 Å². The molecule has 0 spiro atoms. The van der Waals surface area contributed by atoms with E-state index in [1.54, 1.807) is 0 Å². The van der Waals surface area contributed by atoms with Gasteiger partial charge >= 0.3 is 5.69 Å². The van der Waals surface area contributed by atoms with E-state index in [-0.39, 0.29) is 38.2 Å². The standard InChI is InChI=1S/C18H14Cl2N4O6S/c19-12-5-10(24-18(27)22-16(26)8-21-24)6-13(20)17(12)30-11-3-4-14(25)15(7-11)31(28,29)23-9-1-2-9/h3-9,23,25H,1-2H2,(H,22,26,27). The molecule has 0 radical (unpaired) electrons. The van der Waals surface area contributed by atoms with Crippen LogP contribution in [-0.2, 0) is 10.0 Å². The molecule has 1 fully saturated rings. The van der Waals surface area contributed by atoms with Crippen LogP contribution in [0.4, 0.5) is 0 Å². The number of ether oxygens (including phenoxy) is 1. The molecule has 1 saturated carbocycles. The highest BCUT2D eigenvalue weighted by Gasteiger charge is 2.30. The summed E-state index contributed by atoms with van der Waals surface area (Å²) in [5, 5.41) is 13.7. The lowest BCUT2D eigenvalue weighted by atomic mass is 10.3. The molecule has 13 heteroatoms. The van der Waals surface area contributed by atoms with Crippen LogP contribution in [0.15, 0.2) is 51.0 Å². The van der Waals surface area contributed by atoms with Crippen molar-refractivity contribution >= 4 is 33.2 Å². The van der Waals surface area contributed by atoms with Gasteiger partial charge in [0.05, 0.1) is 15.7 Å². The van der Waals surface area contributed by atoms with Crippen molar-refractivity contribution in [3.8, 4) is 22.9 Å². The van der Waals surface area contributed by atoms with Gasteiger partial charge in [-0.25, -0.2) is 17.9 Å². The van der Waals surface area contributed by atoms with Crippen molar-refractivity contribution < 1.29 is 18.3 Å². The summed E-state index contributed by atoms with van der Waals surface area (Å²) in [5.41, 5.74) is -1.27. The largest absolute Gasteiger partial charge is 0.507 e. The van der Waals surface area contributed by atoms with E-state index in [0.717, 1.165) is 29.8 Å². The summed E-state index contributed by atoms with van der Waals surface area (Å²) in [7, 11) is -3.94. The lowest BCUT2D eigenvalue weighted by molar-refractivity contribution is 0.448. The first-order valence-corrected chi connectivity index (χ1v) is 11.1. The summed E-state index contributed by atoms with van der Waals surface area (Å²) in [6.07, 6.45) is 2.39. The summed E-state index contributed by atoms with van der Waals surface area (Å²) in [4.78, 5) is 24.8. The van der Waals surface area contributed by atoms with Gasteiger partial charge in [-0.3, -0.25) is 9.78 Å². The minimum absolute atomic E-state index is 0.00372. The maximum Gasteiger partial charge on any atom is 0.349 e. The van der Waals surface area contributed by atoms with Crippen molar-refractivity contribution in [1.29, 1.82) is 0 Å². The number of halogens is 2. The number of phenols is 1. The van der Waals surface area contributed by atoms with Gasteiger partial charge in [0.1, 0.15) is 22.6 Å². The Balaban J connectivity index is 1.68. The first-order valence-electron chi connectivity index (χ1n) is 8.85. The van der Waals surface area contributed by atoms with Crippen molar-refractivity contribution in [2.75, 3.05) is 0 Å². The fourth-order valence-corrected chi connectivity index (χ4v) is 4.65. The van der Waals surface area contributed by atoms with Gasteiger partial charge in [0.25, 0.3) is 5.56 Å². The first kappa shape index (κ1) is 21.4. The minimum Gasteiger partial charge on any atom is -0.507 e. The first-order chi connectivity index (χ1) is 14.6. The van der Waals surface area contributed by atoms with Gasteiger partial charge in [-0.15, -0.1) is 0 Å². The van der Waals surface area contributed by atoms with E-state index in [1.807, 2.05) is 0 Å². The molecule has 1 heterocycles. The van der Waals surface area contributed by atoms with Crippen LogP contribution in [0.3, 0.4) is 0 Å². The summed E-state index contributed by atoms with van der Waals surface area (Å²) in [5.74, 6) is -0.379. The van der Waals surface area contributed by atoms with Crippen molar-refractivity contribution in [3.63, 3.8) is 0 Å². The molecule has 4 rings (SSSR count). The monoisotopic (exact) mass is 484 g/mol. The fraction of sp³-hybridized carbons (Fsp3) is 0.167. The zero-order valence-electron chi connectivity index (χ0n) is 15.5. The summed E-state index contributed by atoms with van der Waals surface area (Å²) in [6.45, 7) is 0. The molecule has 0 unspecified atom stereocenters. The molecule has 0 saturated heterocycles. The van der Waals surface area contributed by atoms with Crippen LogP contribution in [-0.4, -0.2) is 34.3 Å². The van der Waals surface area contributed by atoms with Crippen LogP contribution in [0.25, 0.3) is 5.69 Å². The average molecular weight is 485 g/mol. The van der Waals surface area contributed by atoms with Gasteiger partial charge in [0.15, 0.2) is 5.75 Å². The van der Waals surface area contributed by atoms with Gasteiger partial charge in [0, 0.05) is 12.1 Å².